The number of amides is 1. The normalized spacial score (nSPS) is 18.5. The third-order valence-corrected chi connectivity index (χ3v) is 4.17. The molecule has 116 valence electrons. The van der Waals surface area contributed by atoms with Crippen molar-refractivity contribution in [3.63, 3.8) is 0 Å². The van der Waals surface area contributed by atoms with E-state index in [2.05, 4.69) is 5.32 Å². The molecule has 0 heterocycles. The van der Waals surface area contributed by atoms with Gasteiger partial charge in [-0.1, -0.05) is 0 Å². The fourth-order valence-corrected chi connectivity index (χ4v) is 2.48. The number of rotatable bonds is 6. The number of ether oxygens (including phenoxy) is 2. The number of benzene rings is 1. The van der Waals surface area contributed by atoms with E-state index in [0.29, 0.717) is 5.75 Å². The summed E-state index contributed by atoms with van der Waals surface area (Å²) in [6.45, 7) is 3.72. The molecule has 0 aliphatic heterocycles. The molecule has 1 amide bonds. The van der Waals surface area contributed by atoms with Crippen molar-refractivity contribution in [1.82, 2.24) is 5.32 Å². The highest BCUT2D eigenvalue weighted by atomic mass is 16.5. The molecule has 2 atom stereocenters. The van der Waals surface area contributed by atoms with Crippen LogP contribution >= 0.6 is 0 Å². The minimum Gasteiger partial charge on any atom is -0.497 e. The Bertz CT molecular complexity index is 524. The molecule has 1 aliphatic carbocycles. The maximum Gasteiger partial charge on any atom is 0.240 e. The van der Waals surface area contributed by atoms with E-state index in [1.807, 2.05) is 25.1 Å². The van der Waals surface area contributed by atoms with E-state index >= 15 is 0 Å². The first kappa shape index (κ1) is 15.6. The molecule has 1 aromatic carbocycles. The third kappa shape index (κ3) is 3.29. The van der Waals surface area contributed by atoms with Crippen LogP contribution in [0.1, 0.15) is 38.3 Å². The molecule has 0 spiro atoms. The molecule has 1 saturated carbocycles. The van der Waals surface area contributed by atoms with Gasteiger partial charge in [-0.3, -0.25) is 4.79 Å². The molecule has 5 nitrogen and oxygen atoms in total. The summed E-state index contributed by atoms with van der Waals surface area (Å²) in [6.07, 6.45) is 2.05. The van der Waals surface area contributed by atoms with Crippen molar-refractivity contribution in [2.45, 2.75) is 38.3 Å². The van der Waals surface area contributed by atoms with Crippen molar-refractivity contribution in [3.8, 4) is 11.5 Å². The zero-order chi connectivity index (χ0) is 15.6. The summed E-state index contributed by atoms with van der Waals surface area (Å²) in [5.74, 6) is 1.61. The molecule has 0 saturated heterocycles. The number of hydrogen-bond donors (Lipinski definition) is 2. The second-order valence-corrected chi connectivity index (χ2v) is 5.86. The quantitative estimate of drug-likeness (QED) is 0.841. The molecule has 21 heavy (non-hydrogen) atoms. The van der Waals surface area contributed by atoms with E-state index in [-0.39, 0.29) is 17.9 Å². The zero-order valence-corrected chi connectivity index (χ0v) is 13.1. The van der Waals surface area contributed by atoms with Crippen molar-refractivity contribution in [2.24, 2.45) is 11.7 Å². The van der Waals surface area contributed by atoms with Crippen molar-refractivity contribution >= 4 is 5.91 Å². The summed E-state index contributed by atoms with van der Waals surface area (Å²) in [6, 6.07) is 5.33. The number of carbonyl (C=O) groups excluding carboxylic acids is 1. The van der Waals surface area contributed by atoms with Crippen molar-refractivity contribution in [3.05, 3.63) is 23.8 Å². The summed E-state index contributed by atoms with van der Waals surface area (Å²) in [7, 11) is 3.22. The molecule has 0 bridgehead atoms. The van der Waals surface area contributed by atoms with Crippen LogP contribution in [-0.2, 0) is 4.79 Å². The van der Waals surface area contributed by atoms with Crippen LogP contribution in [0.15, 0.2) is 18.2 Å². The van der Waals surface area contributed by atoms with Gasteiger partial charge < -0.3 is 20.5 Å². The number of carbonyl (C=O) groups is 1. The van der Waals surface area contributed by atoms with Crippen LogP contribution in [0.25, 0.3) is 0 Å². The molecule has 5 heteroatoms. The number of hydrogen-bond acceptors (Lipinski definition) is 4. The molecule has 0 aromatic heterocycles. The molecule has 0 radical (unpaired) electrons. The summed E-state index contributed by atoms with van der Waals surface area (Å²) in [5, 5.41) is 2.98. The fourth-order valence-electron chi connectivity index (χ4n) is 2.48. The maximum absolute atomic E-state index is 12.4. The Morgan fingerprint density at radius 2 is 2.05 bits per heavy atom. The van der Waals surface area contributed by atoms with Gasteiger partial charge in [-0.15, -0.1) is 0 Å². The summed E-state index contributed by atoms with van der Waals surface area (Å²) < 4.78 is 10.6. The van der Waals surface area contributed by atoms with Crippen molar-refractivity contribution < 1.29 is 14.3 Å². The Morgan fingerprint density at radius 3 is 2.57 bits per heavy atom. The minimum atomic E-state index is -0.805. The van der Waals surface area contributed by atoms with E-state index in [1.54, 1.807) is 21.1 Å². The van der Waals surface area contributed by atoms with Gasteiger partial charge in [0.05, 0.1) is 25.8 Å². The largest absolute Gasteiger partial charge is 0.497 e. The second kappa shape index (κ2) is 5.93. The van der Waals surface area contributed by atoms with E-state index in [0.717, 1.165) is 24.2 Å². The van der Waals surface area contributed by atoms with Crippen LogP contribution in [0.4, 0.5) is 0 Å². The minimum absolute atomic E-state index is 0.123. The first-order chi connectivity index (χ1) is 9.90. The van der Waals surface area contributed by atoms with Gasteiger partial charge in [0.1, 0.15) is 11.5 Å². The Kier molecular flexibility index (Phi) is 4.42. The standard InChI is InChI=1S/C16H24N2O3/c1-10(18-15(19)16(2,17)11-5-6-11)13-9-12(20-3)7-8-14(13)21-4/h7-11H,5-6,17H2,1-4H3,(H,18,19). The molecular formula is C16H24N2O3. The lowest BCUT2D eigenvalue weighted by molar-refractivity contribution is -0.127. The Balaban J connectivity index is 2.15. The molecular weight excluding hydrogens is 268 g/mol. The zero-order valence-electron chi connectivity index (χ0n) is 13.1. The van der Waals surface area contributed by atoms with Gasteiger partial charge >= 0.3 is 0 Å². The van der Waals surface area contributed by atoms with Gasteiger partial charge in [0, 0.05) is 5.56 Å². The third-order valence-electron chi connectivity index (χ3n) is 4.17. The fraction of sp³-hybridized carbons (Fsp3) is 0.562. The highest BCUT2D eigenvalue weighted by molar-refractivity contribution is 5.86. The average molecular weight is 292 g/mol. The van der Waals surface area contributed by atoms with Crippen LogP contribution < -0.4 is 20.5 Å². The van der Waals surface area contributed by atoms with E-state index in [9.17, 15) is 4.79 Å². The Labute approximate surface area is 125 Å². The van der Waals surface area contributed by atoms with Gasteiger partial charge in [-0.05, 0) is 50.8 Å². The summed E-state index contributed by atoms with van der Waals surface area (Å²) in [4.78, 5) is 12.4. The van der Waals surface area contributed by atoms with Crippen LogP contribution in [0.3, 0.4) is 0 Å². The molecule has 1 aliphatic rings. The first-order valence-corrected chi connectivity index (χ1v) is 7.22. The lowest BCUT2D eigenvalue weighted by atomic mass is 9.95. The topological polar surface area (TPSA) is 73.6 Å². The summed E-state index contributed by atoms with van der Waals surface area (Å²) >= 11 is 0. The highest BCUT2D eigenvalue weighted by Gasteiger charge is 2.44. The smallest absolute Gasteiger partial charge is 0.240 e. The molecule has 2 unspecified atom stereocenters. The lowest BCUT2D eigenvalue weighted by Crippen LogP contribution is -2.53. The van der Waals surface area contributed by atoms with Crippen LogP contribution in [0, 0.1) is 5.92 Å². The van der Waals surface area contributed by atoms with Gasteiger partial charge in [-0.2, -0.15) is 0 Å². The lowest BCUT2D eigenvalue weighted by Gasteiger charge is -2.26. The molecule has 1 fully saturated rings. The number of nitrogens with one attached hydrogen (secondary N) is 1. The molecule has 3 N–H and O–H groups in total. The second-order valence-electron chi connectivity index (χ2n) is 5.86. The predicted octanol–water partition coefficient (Wildman–Crippen LogP) is 2.01. The van der Waals surface area contributed by atoms with Crippen LogP contribution in [0.5, 0.6) is 11.5 Å². The highest BCUT2D eigenvalue weighted by Crippen LogP contribution is 2.38. The predicted molar refractivity (Wildman–Crippen MR) is 81.4 cm³/mol. The van der Waals surface area contributed by atoms with E-state index in [1.165, 1.54) is 0 Å². The average Bonchev–Trinajstić information content (AvgIpc) is 3.31. The van der Waals surface area contributed by atoms with E-state index in [4.69, 9.17) is 15.2 Å². The van der Waals surface area contributed by atoms with Gasteiger partial charge in [0.2, 0.25) is 5.91 Å². The first-order valence-electron chi connectivity index (χ1n) is 7.22. The van der Waals surface area contributed by atoms with Crippen molar-refractivity contribution in [1.29, 1.82) is 0 Å². The van der Waals surface area contributed by atoms with Crippen molar-refractivity contribution in [2.75, 3.05) is 14.2 Å². The Hall–Kier alpha value is -1.75. The molecule has 1 aromatic rings. The Morgan fingerprint density at radius 1 is 1.38 bits per heavy atom. The van der Waals surface area contributed by atoms with Crippen LogP contribution in [0.2, 0.25) is 0 Å². The number of nitrogens with two attached hydrogens (primary N) is 1. The van der Waals surface area contributed by atoms with Gasteiger partial charge in [0.25, 0.3) is 0 Å². The SMILES string of the molecule is COc1ccc(OC)c(C(C)NC(=O)C(C)(N)C2CC2)c1. The number of methoxy groups -OCH3 is 2. The maximum atomic E-state index is 12.4. The van der Waals surface area contributed by atoms with Gasteiger partial charge in [-0.25, -0.2) is 0 Å². The van der Waals surface area contributed by atoms with Crippen LogP contribution in [-0.4, -0.2) is 25.7 Å². The van der Waals surface area contributed by atoms with Gasteiger partial charge in [0.15, 0.2) is 0 Å². The summed E-state index contributed by atoms with van der Waals surface area (Å²) in [5.41, 5.74) is 6.22. The monoisotopic (exact) mass is 292 g/mol. The molecule has 2 rings (SSSR count). The van der Waals surface area contributed by atoms with E-state index < -0.39 is 5.54 Å².